The Hall–Kier alpha value is -2.82. The Morgan fingerprint density at radius 2 is 1.92 bits per heavy atom. The highest BCUT2D eigenvalue weighted by Crippen LogP contribution is 2.26. The molecule has 0 fully saturated rings. The van der Waals surface area contributed by atoms with Crippen LogP contribution in [-0.4, -0.2) is 20.5 Å². The number of aryl methyl sites for hydroxylation is 2. The zero-order chi connectivity index (χ0) is 17.1. The number of ether oxygens (including phenoxy) is 1. The van der Waals surface area contributed by atoms with Gasteiger partial charge in [0.25, 0.3) is 0 Å². The van der Waals surface area contributed by atoms with Gasteiger partial charge in [0.2, 0.25) is 0 Å². The molecule has 0 unspecified atom stereocenters. The molecule has 1 N–H and O–H groups in total. The van der Waals surface area contributed by atoms with Crippen molar-refractivity contribution >= 4 is 11.6 Å². The number of fused-ring (bicyclic) bond motifs is 1. The van der Waals surface area contributed by atoms with E-state index in [0.29, 0.717) is 30.1 Å². The molecule has 3 aromatic rings. The van der Waals surface area contributed by atoms with Crippen molar-refractivity contribution in [3.05, 3.63) is 65.1 Å². The number of imidazole rings is 1. The highest BCUT2D eigenvalue weighted by atomic mass is 16.5. The maximum atomic E-state index is 11.6. The van der Waals surface area contributed by atoms with Gasteiger partial charge in [-0.25, -0.2) is 9.78 Å². The van der Waals surface area contributed by atoms with Gasteiger partial charge in [0.05, 0.1) is 5.69 Å². The second-order valence-electron chi connectivity index (χ2n) is 5.60. The van der Waals surface area contributed by atoms with E-state index in [9.17, 15) is 9.90 Å². The molecule has 0 atom stereocenters. The number of carboxylic acids is 1. The molecule has 0 aliphatic carbocycles. The Labute approximate surface area is 140 Å². The Balaban J connectivity index is 2.07. The lowest BCUT2D eigenvalue weighted by atomic mass is 10.2. The molecule has 2 aromatic heterocycles. The van der Waals surface area contributed by atoms with Gasteiger partial charge in [-0.15, -0.1) is 0 Å². The molecule has 1 aromatic carbocycles. The Morgan fingerprint density at radius 3 is 2.54 bits per heavy atom. The van der Waals surface area contributed by atoms with Gasteiger partial charge in [0.15, 0.2) is 17.1 Å². The fourth-order valence-corrected chi connectivity index (χ4v) is 2.72. The maximum Gasteiger partial charge on any atom is 0.354 e. The summed E-state index contributed by atoms with van der Waals surface area (Å²) in [6.45, 7) is 4.35. The summed E-state index contributed by atoms with van der Waals surface area (Å²) in [4.78, 5) is 16.1. The Morgan fingerprint density at radius 1 is 1.17 bits per heavy atom. The summed E-state index contributed by atoms with van der Waals surface area (Å²) >= 11 is 0. The SMILES string of the molecule is CCc1cc(OCc2ccccc2)c2nc(CC)c(C(=O)O)n2c1. The van der Waals surface area contributed by atoms with E-state index in [4.69, 9.17) is 4.74 Å². The lowest BCUT2D eigenvalue weighted by molar-refractivity contribution is 0.0688. The summed E-state index contributed by atoms with van der Waals surface area (Å²) in [5.41, 5.74) is 3.40. The first kappa shape index (κ1) is 16.1. The molecular weight excluding hydrogens is 304 g/mol. The third-order valence-electron chi connectivity index (χ3n) is 4.00. The largest absolute Gasteiger partial charge is 0.485 e. The van der Waals surface area contributed by atoms with Gasteiger partial charge in [0, 0.05) is 6.20 Å². The van der Waals surface area contributed by atoms with E-state index in [-0.39, 0.29) is 5.69 Å². The van der Waals surface area contributed by atoms with E-state index >= 15 is 0 Å². The second-order valence-corrected chi connectivity index (χ2v) is 5.60. The van der Waals surface area contributed by atoms with Gasteiger partial charge in [-0.1, -0.05) is 44.2 Å². The number of aromatic carboxylic acids is 1. The van der Waals surface area contributed by atoms with Gasteiger partial charge >= 0.3 is 5.97 Å². The van der Waals surface area contributed by atoms with Crippen LogP contribution in [0, 0.1) is 0 Å². The van der Waals surface area contributed by atoms with Gasteiger partial charge in [-0.2, -0.15) is 0 Å². The van der Waals surface area contributed by atoms with E-state index in [1.54, 1.807) is 4.40 Å². The summed E-state index contributed by atoms with van der Waals surface area (Å²) in [7, 11) is 0. The molecule has 3 rings (SSSR count). The molecule has 0 bridgehead atoms. The van der Waals surface area contributed by atoms with Crippen molar-refractivity contribution in [2.45, 2.75) is 33.3 Å². The number of nitrogens with zero attached hydrogens (tertiary/aromatic N) is 2. The van der Waals surface area contributed by atoms with Gasteiger partial charge in [-0.3, -0.25) is 4.40 Å². The third-order valence-corrected chi connectivity index (χ3v) is 4.00. The van der Waals surface area contributed by atoms with Crippen LogP contribution in [0.4, 0.5) is 0 Å². The summed E-state index contributed by atoms with van der Waals surface area (Å²) in [6, 6.07) is 11.8. The van der Waals surface area contributed by atoms with Crippen molar-refractivity contribution in [1.82, 2.24) is 9.38 Å². The molecule has 24 heavy (non-hydrogen) atoms. The highest BCUT2D eigenvalue weighted by molar-refractivity contribution is 5.89. The lowest BCUT2D eigenvalue weighted by Crippen LogP contribution is -2.06. The standard InChI is InChI=1S/C19H20N2O3/c1-3-13-10-16(24-12-14-8-6-5-7-9-14)18-20-15(4-2)17(19(22)23)21(18)11-13/h5-11H,3-4,12H2,1-2H3,(H,22,23). The molecule has 0 saturated heterocycles. The van der Waals surface area contributed by atoms with Crippen LogP contribution < -0.4 is 4.74 Å². The topological polar surface area (TPSA) is 63.8 Å². The molecule has 0 aliphatic rings. The molecule has 2 heterocycles. The molecule has 0 amide bonds. The van der Waals surface area contributed by atoms with Gasteiger partial charge in [0.1, 0.15) is 6.61 Å². The number of hydrogen-bond acceptors (Lipinski definition) is 3. The van der Waals surface area contributed by atoms with Crippen LogP contribution in [0.5, 0.6) is 5.75 Å². The smallest absolute Gasteiger partial charge is 0.354 e. The predicted molar refractivity (Wildman–Crippen MR) is 91.7 cm³/mol. The van der Waals surface area contributed by atoms with E-state index in [1.807, 2.05) is 56.4 Å². The summed E-state index contributed by atoms with van der Waals surface area (Å²) < 4.78 is 7.60. The van der Waals surface area contributed by atoms with Crippen molar-refractivity contribution < 1.29 is 14.6 Å². The first-order valence-corrected chi connectivity index (χ1v) is 8.07. The normalized spacial score (nSPS) is 10.9. The molecule has 0 saturated carbocycles. The number of carboxylic acid groups (broad SMARTS) is 1. The predicted octanol–water partition coefficient (Wildman–Crippen LogP) is 3.74. The van der Waals surface area contributed by atoms with Crippen LogP contribution in [0.25, 0.3) is 5.65 Å². The molecule has 5 heteroatoms. The van der Waals surface area contributed by atoms with Crippen LogP contribution in [-0.2, 0) is 19.4 Å². The average Bonchev–Trinajstić information content (AvgIpc) is 2.99. The van der Waals surface area contributed by atoms with Crippen LogP contribution >= 0.6 is 0 Å². The number of carbonyl (C=O) groups is 1. The van der Waals surface area contributed by atoms with E-state index in [1.165, 1.54) is 0 Å². The number of rotatable bonds is 6. The summed E-state index contributed by atoms with van der Waals surface area (Å²) in [5, 5.41) is 9.54. The van der Waals surface area contributed by atoms with E-state index < -0.39 is 5.97 Å². The number of aromatic nitrogens is 2. The average molecular weight is 324 g/mol. The quantitative estimate of drug-likeness (QED) is 0.750. The molecular formula is C19H20N2O3. The number of pyridine rings is 1. The van der Waals surface area contributed by atoms with Gasteiger partial charge in [-0.05, 0) is 30.0 Å². The zero-order valence-corrected chi connectivity index (χ0v) is 13.8. The van der Waals surface area contributed by atoms with Crippen molar-refractivity contribution in [3.8, 4) is 5.75 Å². The first-order chi connectivity index (χ1) is 11.6. The van der Waals surface area contributed by atoms with Crippen LogP contribution in [0.3, 0.4) is 0 Å². The molecule has 0 aliphatic heterocycles. The maximum absolute atomic E-state index is 11.6. The van der Waals surface area contributed by atoms with E-state index in [0.717, 1.165) is 17.5 Å². The van der Waals surface area contributed by atoms with Crippen molar-refractivity contribution in [2.75, 3.05) is 0 Å². The number of hydrogen-bond donors (Lipinski definition) is 1. The monoisotopic (exact) mass is 324 g/mol. The minimum absolute atomic E-state index is 0.215. The number of benzene rings is 1. The Kier molecular flexibility index (Phi) is 4.51. The van der Waals surface area contributed by atoms with Gasteiger partial charge < -0.3 is 9.84 Å². The summed E-state index contributed by atoms with van der Waals surface area (Å²) in [6.07, 6.45) is 3.18. The van der Waals surface area contributed by atoms with Crippen LogP contribution in [0.1, 0.15) is 41.2 Å². The highest BCUT2D eigenvalue weighted by Gasteiger charge is 2.20. The third kappa shape index (κ3) is 2.97. The molecule has 124 valence electrons. The lowest BCUT2D eigenvalue weighted by Gasteiger charge is -2.10. The van der Waals surface area contributed by atoms with Crippen LogP contribution in [0.2, 0.25) is 0 Å². The molecule has 5 nitrogen and oxygen atoms in total. The van der Waals surface area contributed by atoms with Crippen molar-refractivity contribution in [2.24, 2.45) is 0 Å². The van der Waals surface area contributed by atoms with Crippen molar-refractivity contribution in [3.63, 3.8) is 0 Å². The second kappa shape index (κ2) is 6.74. The fourth-order valence-electron chi connectivity index (χ4n) is 2.72. The Bertz CT molecular complexity index is 869. The molecule has 0 spiro atoms. The van der Waals surface area contributed by atoms with Crippen LogP contribution in [0.15, 0.2) is 42.6 Å². The zero-order valence-electron chi connectivity index (χ0n) is 13.8. The molecule has 0 radical (unpaired) electrons. The minimum atomic E-state index is -0.971. The first-order valence-electron chi connectivity index (χ1n) is 8.07. The van der Waals surface area contributed by atoms with E-state index in [2.05, 4.69) is 4.98 Å². The summed E-state index contributed by atoms with van der Waals surface area (Å²) in [5.74, 6) is -0.359. The minimum Gasteiger partial charge on any atom is -0.485 e. The van der Waals surface area contributed by atoms with Crippen molar-refractivity contribution in [1.29, 1.82) is 0 Å². The fraction of sp³-hybridized carbons (Fsp3) is 0.263.